The summed E-state index contributed by atoms with van der Waals surface area (Å²) in [5, 5.41) is 0. The Bertz CT molecular complexity index is 614. The molecule has 0 fully saturated rings. The van der Waals surface area contributed by atoms with Crippen LogP contribution in [0.1, 0.15) is 32.0 Å². The Morgan fingerprint density at radius 2 is 2.05 bits per heavy atom. The number of benzene rings is 1. The van der Waals surface area contributed by atoms with Crippen LogP contribution in [-0.4, -0.2) is 17.1 Å². The quantitative estimate of drug-likeness (QED) is 0.899. The predicted octanol–water partition coefficient (Wildman–Crippen LogP) is 3.60. The largest absolute Gasteiger partial charge is 0.496 e. The van der Waals surface area contributed by atoms with Crippen LogP contribution in [0.5, 0.6) is 5.75 Å². The van der Waals surface area contributed by atoms with Crippen molar-refractivity contribution >= 4 is 15.9 Å². The van der Waals surface area contributed by atoms with E-state index in [1.807, 2.05) is 12.1 Å². The molecule has 0 aliphatic carbocycles. The van der Waals surface area contributed by atoms with Gasteiger partial charge in [-0.3, -0.25) is 0 Å². The maximum Gasteiger partial charge on any atom is 0.175 e. The number of ether oxygens (including phenoxy) is 1. The number of hydrogen-bond donors (Lipinski definition) is 2. The average Bonchev–Trinajstić information content (AvgIpc) is 2.78. The molecule has 108 valence electrons. The number of nitrogens with zero attached hydrogens (tertiary/aromatic N) is 1. The van der Waals surface area contributed by atoms with Crippen molar-refractivity contribution in [1.82, 2.24) is 9.97 Å². The summed E-state index contributed by atoms with van der Waals surface area (Å²) >= 11 is 3.36. The van der Waals surface area contributed by atoms with Gasteiger partial charge in [-0.25, -0.2) is 4.98 Å². The zero-order chi connectivity index (χ0) is 14.9. The van der Waals surface area contributed by atoms with Crippen molar-refractivity contribution in [2.75, 3.05) is 7.11 Å². The van der Waals surface area contributed by atoms with Gasteiger partial charge in [0, 0.05) is 17.7 Å². The Hall–Kier alpha value is -1.33. The lowest BCUT2D eigenvalue weighted by atomic mass is 9.85. The van der Waals surface area contributed by atoms with E-state index in [1.54, 1.807) is 7.11 Å². The van der Waals surface area contributed by atoms with Crippen LogP contribution in [0, 0.1) is 0 Å². The van der Waals surface area contributed by atoms with E-state index in [0.29, 0.717) is 11.3 Å². The number of rotatable bonds is 3. The molecule has 0 aliphatic heterocycles. The predicted molar refractivity (Wildman–Crippen MR) is 84.9 cm³/mol. The molecule has 0 saturated carbocycles. The van der Waals surface area contributed by atoms with Crippen molar-refractivity contribution in [3.8, 4) is 17.0 Å². The van der Waals surface area contributed by atoms with Crippen molar-refractivity contribution in [2.24, 2.45) is 5.73 Å². The van der Waals surface area contributed by atoms with Gasteiger partial charge in [0.25, 0.3) is 0 Å². The molecule has 0 spiro atoms. The number of methoxy groups -OCH3 is 1. The lowest BCUT2D eigenvalue weighted by Gasteiger charge is -2.22. The van der Waals surface area contributed by atoms with Crippen LogP contribution >= 0.6 is 15.9 Å². The van der Waals surface area contributed by atoms with Gasteiger partial charge in [-0.2, -0.15) is 0 Å². The third-order valence-corrected chi connectivity index (χ3v) is 3.61. The molecule has 0 amide bonds. The lowest BCUT2D eigenvalue weighted by molar-refractivity contribution is 0.397. The molecule has 0 radical (unpaired) electrons. The molecule has 0 saturated heterocycles. The number of halogens is 1. The SMILES string of the molecule is COc1ccc(-c2nc(Br)[nH]c2CN)cc1C(C)(C)C. The van der Waals surface area contributed by atoms with Crippen molar-refractivity contribution in [2.45, 2.75) is 32.7 Å². The van der Waals surface area contributed by atoms with E-state index in [4.69, 9.17) is 10.5 Å². The van der Waals surface area contributed by atoms with Gasteiger partial charge in [0.05, 0.1) is 18.5 Å². The normalized spacial score (nSPS) is 11.7. The van der Waals surface area contributed by atoms with Crippen LogP contribution in [-0.2, 0) is 12.0 Å². The molecule has 0 aliphatic rings. The van der Waals surface area contributed by atoms with Crippen LogP contribution in [0.15, 0.2) is 22.9 Å². The maximum atomic E-state index is 5.76. The van der Waals surface area contributed by atoms with Gasteiger partial charge < -0.3 is 15.5 Å². The van der Waals surface area contributed by atoms with E-state index in [1.165, 1.54) is 0 Å². The Balaban J connectivity index is 2.58. The zero-order valence-electron chi connectivity index (χ0n) is 12.2. The Labute approximate surface area is 127 Å². The van der Waals surface area contributed by atoms with Gasteiger partial charge in [0.2, 0.25) is 0 Å². The Morgan fingerprint density at radius 3 is 2.60 bits per heavy atom. The van der Waals surface area contributed by atoms with E-state index in [9.17, 15) is 0 Å². The Kier molecular flexibility index (Phi) is 4.20. The van der Waals surface area contributed by atoms with Crippen molar-refractivity contribution in [1.29, 1.82) is 0 Å². The first-order chi connectivity index (χ1) is 9.36. The van der Waals surface area contributed by atoms with E-state index in [-0.39, 0.29) is 5.41 Å². The fraction of sp³-hybridized carbons (Fsp3) is 0.400. The molecule has 0 unspecified atom stereocenters. The number of nitrogens with two attached hydrogens (primary N) is 1. The van der Waals surface area contributed by atoms with Crippen LogP contribution in [0.3, 0.4) is 0 Å². The summed E-state index contributed by atoms with van der Waals surface area (Å²) in [6.45, 7) is 6.92. The summed E-state index contributed by atoms with van der Waals surface area (Å²) in [5.41, 5.74) is 9.75. The highest BCUT2D eigenvalue weighted by molar-refractivity contribution is 9.10. The Morgan fingerprint density at radius 1 is 1.35 bits per heavy atom. The van der Waals surface area contributed by atoms with E-state index < -0.39 is 0 Å². The molecular formula is C15H20BrN3O. The number of nitrogens with one attached hydrogen (secondary N) is 1. The number of H-pyrrole nitrogens is 1. The van der Waals surface area contributed by atoms with E-state index in [2.05, 4.69) is 52.7 Å². The summed E-state index contributed by atoms with van der Waals surface area (Å²) in [7, 11) is 1.70. The second kappa shape index (κ2) is 5.58. The summed E-state index contributed by atoms with van der Waals surface area (Å²) in [4.78, 5) is 7.60. The first-order valence-corrected chi connectivity index (χ1v) is 7.29. The molecule has 5 heteroatoms. The molecule has 3 N–H and O–H groups in total. The minimum absolute atomic E-state index is 0.00221. The van der Waals surface area contributed by atoms with Crippen molar-refractivity contribution in [3.05, 3.63) is 34.2 Å². The minimum atomic E-state index is -0.00221. The number of imidazole rings is 1. The number of aromatic amines is 1. The summed E-state index contributed by atoms with van der Waals surface area (Å²) in [5.74, 6) is 0.894. The van der Waals surface area contributed by atoms with Gasteiger partial charge in [-0.15, -0.1) is 0 Å². The first kappa shape index (κ1) is 15.1. The van der Waals surface area contributed by atoms with Gasteiger partial charge in [-0.1, -0.05) is 20.8 Å². The molecule has 0 atom stereocenters. The molecule has 2 rings (SSSR count). The molecule has 1 heterocycles. The van der Waals surface area contributed by atoms with Crippen molar-refractivity contribution < 1.29 is 4.74 Å². The third kappa shape index (κ3) is 2.88. The van der Waals surface area contributed by atoms with Gasteiger partial charge in [-0.05, 0) is 39.5 Å². The van der Waals surface area contributed by atoms with E-state index in [0.717, 1.165) is 28.3 Å². The fourth-order valence-corrected chi connectivity index (χ4v) is 2.62. The van der Waals surface area contributed by atoms with Gasteiger partial charge in [0.1, 0.15) is 5.75 Å². The smallest absolute Gasteiger partial charge is 0.175 e. The van der Waals surface area contributed by atoms with Crippen LogP contribution < -0.4 is 10.5 Å². The first-order valence-electron chi connectivity index (χ1n) is 6.50. The summed E-state index contributed by atoms with van der Waals surface area (Å²) in [6, 6.07) is 6.12. The lowest BCUT2D eigenvalue weighted by Crippen LogP contribution is -2.13. The molecule has 4 nitrogen and oxygen atoms in total. The molecule has 0 bridgehead atoms. The monoisotopic (exact) mass is 337 g/mol. The highest BCUT2D eigenvalue weighted by Crippen LogP contribution is 2.35. The maximum absolute atomic E-state index is 5.76. The highest BCUT2D eigenvalue weighted by atomic mass is 79.9. The minimum Gasteiger partial charge on any atom is -0.496 e. The summed E-state index contributed by atoms with van der Waals surface area (Å²) in [6.07, 6.45) is 0. The van der Waals surface area contributed by atoms with Gasteiger partial charge in [0.15, 0.2) is 4.73 Å². The number of aromatic nitrogens is 2. The average molecular weight is 338 g/mol. The van der Waals surface area contributed by atoms with E-state index >= 15 is 0 Å². The second-order valence-electron chi connectivity index (χ2n) is 5.72. The molecular weight excluding hydrogens is 318 g/mol. The van der Waals surface area contributed by atoms with Gasteiger partial charge >= 0.3 is 0 Å². The zero-order valence-corrected chi connectivity index (χ0v) is 13.8. The molecule has 1 aromatic carbocycles. The molecule has 20 heavy (non-hydrogen) atoms. The summed E-state index contributed by atoms with van der Waals surface area (Å²) < 4.78 is 6.16. The standard InChI is InChI=1S/C15H20BrN3O/c1-15(2,3)10-7-9(5-6-12(10)20-4)13-11(8-17)18-14(16)19-13/h5-7H,8,17H2,1-4H3,(H,18,19). The number of hydrogen-bond acceptors (Lipinski definition) is 3. The topological polar surface area (TPSA) is 63.9 Å². The highest BCUT2D eigenvalue weighted by Gasteiger charge is 2.21. The van der Waals surface area contributed by atoms with Crippen LogP contribution in [0.25, 0.3) is 11.3 Å². The van der Waals surface area contributed by atoms with Crippen LogP contribution in [0.4, 0.5) is 0 Å². The second-order valence-corrected chi connectivity index (χ2v) is 6.48. The molecule has 1 aromatic heterocycles. The fourth-order valence-electron chi connectivity index (χ4n) is 2.21. The molecule has 2 aromatic rings. The van der Waals surface area contributed by atoms with Crippen LogP contribution in [0.2, 0.25) is 0 Å². The third-order valence-electron chi connectivity index (χ3n) is 3.23. The van der Waals surface area contributed by atoms with Crippen molar-refractivity contribution in [3.63, 3.8) is 0 Å².